The van der Waals surface area contributed by atoms with E-state index in [0.717, 1.165) is 0 Å². The number of unbranched alkanes of at least 4 members (excludes halogenated alkanes) is 5. The Balaban J connectivity index is 4.68. The second kappa shape index (κ2) is 28.0. The molecule has 0 aliphatic rings. The van der Waals surface area contributed by atoms with Gasteiger partial charge in [-0.3, -0.25) is 43.3 Å². The first-order chi connectivity index (χ1) is 23.3. The first kappa shape index (κ1) is 45.1. The van der Waals surface area contributed by atoms with E-state index in [9.17, 15) is 38.4 Å². The van der Waals surface area contributed by atoms with Gasteiger partial charge in [-0.25, -0.2) is 0 Å². The molecule has 0 heterocycles. The number of rotatable bonds is 28. The lowest BCUT2D eigenvalue weighted by Crippen LogP contribution is -2.49. The fraction of sp³-hybridized carbons (Fsp3) is 0.733. The van der Waals surface area contributed by atoms with E-state index in [0.29, 0.717) is 77.4 Å². The average Bonchev–Trinajstić information content (AvgIpc) is 3.06. The van der Waals surface area contributed by atoms with Gasteiger partial charge in [0.25, 0.3) is 0 Å². The zero-order valence-electron chi connectivity index (χ0n) is 28.8. The van der Waals surface area contributed by atoms with Crippen molar-refractivity contribution in [2.45, 2.75) is 96.9 Å². The van der Waals surface area contributed by atoms with Gasteiger partial charge in [0.15, 0.2) is 0 Å². The lowest BCUT2D eigenvalue weighted by atomic mass is 10.0. The third-order valence-corrected chi connectivity index (χ3v) is 7.22. The van der Waals surface area contributed by atoms with Gasteiger partial charge in [-0.15, -0.1) is 0 Å². The van der Waals surface area contributed by atoms with E-state index in [1.165, 1.54) is 4.90 Å². The van der Waals surface area contributed by atoms with Crippen LogP contribution in [-0.2, 0) is 38.4 Å². The van der Waals surface area contributed by atoms with Crippen LogP contribution in [0.2, 0.25) is 0 Å². The number of nitrogens with zero attached hydrogens (tertiary/aromatic N) is 1. The van der Waals surface area contributed by atoms with Gasteiger partial charge in [-0.05, 0) is 44.9 Å². The summed E-state index contributed by atoms with van der Waals surface area (Å²) >= 11 is 0. The van der Waals surface area contributed by atoms with E-state index >= 15 is 0 Å². The minimum atomic E-state index is -1.09. The zero-order chi connectivity index (χ0) is 37.0. The topological polar surface area (TPSA) is 224 Å². The summed E-state index contributed by atoms with van der Waals surface area (Å²) in [5.41, 5.74) is 0. The fourth-order valence-corrected chi connectivity index (χ4v) is 4.41. The van der Waals surface area contributed by atoms with Crippen LogP contribution in [0.4, 0.5) is 0 Å². The molecule has 0 fully saturated rings. The highest BCUT2D eigenvalue weighted by atomic mass is 16.2. The molecule has 0 rings (SSSR count). The summed E-state index contributed by atoms with van der Waals surface area (Å²) in [6.07, 6.45) is 5.20. The van der Waals surface area contributed by atoms with Crippen molar-refractivity contribution in [3.63, 3.8) is 0 Å². The fourth-order valence-electron chi connectivity index (χ4n) is 4.41. The lowest BCUT2D eigenvalue weighted by molar-refractivity contribution is -0.132. The van der Waals surface area contributed by atoms with Gasteiger partial charge in [-0.1, -0.05) is 20.3 Å². The van der Waals surface area contributed by atoms with Gasteiger partial charge >= 0.3 is 0 Å². The van der Waals surface area contributed by atoms with Crippen molar-refractivity contribution >= 4 is 71.1 Å². The van der Waals surface area contributed by atoms with Crippen molar-refractivity contribution in [1.82, 2.24) is 41.9 Å². The van der Waals surface area contributed by atoms with Crippen molar-refractivity contribution in [3.8, 4) is 0 Å². The lowest BCUT2D eigenvalue weighted by Gasteiger charge is -2.20. The first-order valence-corrected chi connectivity index (χ1v) is 16.7. The molecule has 0 aromatic carbocycles. The molecule has 7 amide bonds. The summed E-state index contributed by atoms with van der Waals surface area (Å²) in [5.74, 6) is -3.11. The smallest absolute Gasteiger partial charge is 0.243 e. The number of amides is 7. The highest BCUT2D eigenvalue weighted by Crippen LogP contribution is 2.07. The maximum Gasteiger partial charge on any atom is 0.243 e. The average molecular weight is 684 g/mol. The molecule has 0 saturated carbocycles. The Morgan fingerprint density at radius 1 is 0.510 bits per heavy atom. The van der Waals surface area contributed by atoms with Crippen LogP contribution in [0.1, 0.15) is 90.9 Å². The predicted molar refractivity (Wildman–Crippen MR) is 184 cm³/mol. The van der Waals surface area contributed by atoms with Crippen LogP contribution in [0.25, 0.3) is 0 Å². The van der Waals surface area contributed by atoms with Crippen LogP contribution < -0.4 is 37.0 Å². The predicted octanol–water partition coefficient (Wildman–Crippen LogP) is -2.37. The third-order valence-electron chi connectivity index (χ3n) is 7.22. The van der Waals surface area contributed by atoms with E-state index in [4.69, 9.17) is 23.9 Å². The molecule has 16 nitrogen and oxygen atoms in total. The summed E-state index contributed by atoms with van der Waals surface area (Å²) in [6.45, 7) is 3.80. The van der Waals surface area contributed by atoms with Crippen LogP contribution >= 0.6 is 0 Å². The quantitative estimate of drug-likeness (QED) is 0.0345. The highest BCUT2D eigenvalue weighted by molar-refractivity contribution is 6.15. The van der Waals surface area contributed by atoms with E-state index in [1.807, 2.05) is 24.3 Å². The van der Waals surface area contributed by atoms with Crippen LogP contribution in [0.3, 0.4) is 0 Å². The SMILES string of the molecule is [B]NC(=O)CCCCCNC(=O)C(CC(=O)NCCCCCNC(=O)CN(CC(=O)N[B])CC(=O)N[B])NC(=O)CCCCC(=O)C(C)C. The molecule has 0 saturated heterocycles. The van der Waals surface area contributed by atoms with E-state index in [2.05, 4.69) is 26.5 Å². The summed E-state index contributed by atoms with van der Waals surface area (Å²) in [5, 5.41) is 16.7. The second-order valence-corrected chi connectivity index (χ2v) is 11.9. The molecule has 0 aromatic rings. The number of hydrogen-bond acceptors (Lipinski definition) is 9. The maximum atomic E-state index is 12.9. The molecule has 0 spiro atoms. The van der Waals surface area contributed by atoms with Crippen LogP contribution in [0, 0.1) is 5.92 Å². The van der Waals surface area contributed by atoms with Crippen molar-refractivity contribution in [3.05, 3.63) is 0 Å². The normalized spacial score (nSPS) is 11.3. The molecule has 268 valence electrons. The van der Waals surface area contributed by atoms with Gasteiger partial charge < -0.3 is 37.0 Å². The Labute approximate surface area is 293 Å². The summed E-state index contributed by atoms with van der Waals surface area (Å²) in [4.78, 5) is 97.8. The monoisotopic (exact) mass is 684 g/mol. The third kappa shape index (κ3) is 24.8. The summed E-state index contributed by atoms with van der Waals surface area (Å²) in [6, 6.07) is -1.09. The van der Waals surface area contributed by atoms with Crippen LogP contribution in [0.5, 0.6) is 0 Å². The summed E-state index contributed by atoms with van der Waals surface area (Å²) in [7, 11) is 15.2. The molecule has 1 unspecified atom stereocenters. The molecule has 7 N–H and O–H groups in total. The maximum absolute atomic E-state index is 12.9. The van der Waals surface area contributed by atoms with Gasteiger partial charge in [0.1, 0.15) is 11.8 Å². The molecule has 0 aliphatic heterocycles. The standard InChI is InChI=1S/C30H51B3N8O8/c1-21(2)23(42)11-6-7-12-24(43)37-22(30(49)36-16-8-3-5-13-25(44)38-31)17-26(45)34-14-9-4-10-15-35-27(46)18-41(19-28(47)39-32)20-29(48)40-33/h21-22H,3-20H2,1-2H3,(H,34,45)(H,35,46)(H,36,49)(H,37,43)(H,38,44)(H,39,47)(H,40,48). The zero-order valence-corrected chi connectivity index (χ0v) is 28.8. The largest absolute Gasteiger partial charge is 0.409 e. The molecule has 0 aromatic heterocycles. The Hall–Kier alpha value is -3.89. The van der Waals surface area contributed by atoms with Crippen LogP contribution in [-0.4, -0.2) is 121 Å². The number of carbonyl (C=O) groups is 8. The number of carbonyl (C=O) groups excluding carboxylic acids is 8. The van der Waals surface area contributed by atoms with Crippen LogP contribution in [0.15, 0.2) is 0 Å². The molecular weight excluding hydrogens is 633 g/mol. The number of nitrogens with one attached hydrogen (secondary N) is 7. The van der Waals surface area contributed by atoms with E-state index in [1.54, 1.807) is 0 Å². The molecule has 0 bridgehead atoms. The Kier molecular flexibility index (Phi) is 25.8. The van der Waals surface area contributed by atoms with E-state index in [-0.39, 0.29) is 56.5 Å². The van der Waals surface area contributed by atoms with Crippen molar-refractivity contribution in [1.29, 1.82) is 0 Å². The van der Waals surface area contributed by atoms with E-state index < -0.39 is 41.5 Å². The minimum absolute atomic E-state index is 0.0711. The molecular formula is C30H51B3N8O8. The first-order valence-electron chi connectivity index (χ1n) is 16.7. The Morgan fingerprint density at radius 2 is 0.959 bits per heavy atom. The molecule has 19 heteroatoms. The second-order valence-electron chi connectivity index (χ2n) is 11.9. The molecule has 0 aliphatic carbocycles. The highest BCUT2D eigenvalue weighted by Gasteiger charge is 2.23. The van der Waals surface area contributed by atoms with Gasteiger partial charge in [-0.2, -0.15) is 0 Å². The number of Topliss-reactive ketones (excluding diaryl/α,β-unsaturated/α-hetero) is 1. The Morgan fingerprint density at radius 3 is 1.51 bits per heavy atom. The molecule has 49 heavy (non-hydrogen) atoms. The summed E-state index contributed by atoms with van der Waals surface area (Å²) < 4.78 is 0. The van der Waals surface area contributed by atoms with Gasteiger partial charge in [0.05, 0.1) is 26.1 Å². The van der Waals surface area contributed by atoms with Gasteiger partial charge in [0.2, 0.25) is 65.3 Å². The molecule has 1 atom stereocenters. The molecule has 6 radical (unpaired) electrons. The van der Waals surface area contributed by atoms with Crippen molar-refractivity contribution in [2.75, 3.05) is 39.3 Å². The van der Waals surface area contributed by atoms with Crippen molar-refractivity contribution < 1.29 is 38.4 Å². The number of ketones is 1. The Bertz CT molecular complexity index is 1070. The van der Waals surface area contributed by atoms with Crippen molar-refractivity contribution in [2.24, 2.45) is 5.92 Å². The number of hydrogen-bond donors (Lipinski definition) is 7. The minimum Gasteiger partial charge on any atom is -0.409 e. The van der Waals surface area contributed by atoms with Gasteiger partial charge in [0, 0.05) is 44.8 Å².